The van der Waals surface area contributed by atoms with Crippen molar-refractivity contribution in [2.24, 2.45) is 4.99 Å². The van der Waals surface area contributed by atoms with Crippen LogP contribution in [0.2, 0.25) is 0 Å². The Morgan fingerprint density at radius 2 is 2.25 bits per heavy atom. The lowest BCUT2D eigenvalue weighted by molar-refractivity contribution is -0.130. The number of phenols is 1. The first kappa shape index (κ1) is 10.4. The first-order valence-electron chi connectivity index (χ1n) is 4.54. The first-order chi connectivity index (χ1) is 7.56. The third-order valence-electron chi connectivity index (χ3n) is 2.00. The number of aromatic hydroxyl groups is 1. The van der Waals surface area contributed by atoms with Gasteiger partial charge in [-0.15, -0.1) is 0 Å². The van der Waals surface area contributed by atoms with Crippen molar-refractivity contribution in [1.82, 2.24) is 0 Å². The zero-order valence-corrected chi connectivity index (χ0v) is 8.40. The number of cyclic esters (lactones) is 1. The molecular formula is C11H8FNO3. The molecule has 0 aromatic heterocycles. The van der Waals surface area contributed by atoms with Crippen molar-refractivity contribution in [3.8, 4) is 5.75 Å². The molecule has 0 bridgehead atoms. The molecule has 1 aliphatic rings. The van der Waals surface area contributed by atoms with Gasteiger partial charge in [-0.05, 0) is 23.8 Å². The van der Waals surface area contributed by atoms with E-state index in [0.717, 1.165) is 6.07 Å². The Hall–Kier alpha value is -2.17. The molecule has 0 saturated carbocycles. The number of hydrogen-bond donors (Lipinski definition) is 1. The van der Waals surface area contributed by atoms with Crippen molar-refractivity contribution in [2.75, 3.05) is 0 Å². The number of ether oxygens (including phenoxy) is 1. The van der Waals surface area contributed by atoms with Gasteiger partial charge in [-0.1, -0.05) is 6.07 Å². The standard InChI is InChI=1S/C11H8FNO3/c1-6-13-9(11(15)16-6)5-7-2-3-10(14)8(12)4-7/h2-5,14H,1H3/b9-5-. The summed E-state index contributed by atoms with van der Waals surface area (Å²) in [5.74, 6) is -1.49. The Kier molecular flexibility index (Phi) is 2.44. The summed E-state index contributed by atoms with van der Waals surface area (Å²) in [5.41, 5.74) is 0.545. The summed E-state index contributed by atoms with van der Waals surface area (Å²) in [6.07, 6.45) is 1.39. The van der Waals surface area contributed by atoms with E-state index in [1.54, 1.807) is 6.92 Å². The van der Waals surface area contributed by atoms with Crippen LogP contribution in [0.5, 0.6) is 5.75 Å². The molecule has 0 aliphatic carbocycles. The quantitative estimate of drug-likeness (QED) is 0.581. The van der Waals surface area contributed by atoms with Crippen molar-refractivity contribution in [1.29, 1.82) is 0 Å². The summed E-state index contributed by atoms with van der Waals surface area (Å²) in [6, 6.07) is 3.79. The maximum absolute atomic E-state index is 13.0. The maximum Gasteiger partial charge on any atom is 0.363 e. The van der Waals surface area contributed by atoms with Gasteiger partial charge in [-0.3, -0.25) is 0 Å². The molecule has 1 aromatic carbocycles. The number of nitrogens with zero attached hydrogens (tertiary/aromatic N) is 1. The second kappa shape index (κ2) is 3.77. The van der Waals surface area contributed by atoms with Crippen LogP contribution in [-0.2, 0) is 9.53 Å². The molecule has 82 valence electrons. The summed E-state index contributed by atoms with van der Waals surface area (Å²) in [6.45, 7) is 1.55. The predicted octanol–water partition coefficient (Wildman–Crippen LogP) is 1.85. The number of hydrogen-bond acceptors (Lipinski definition) is 4. The molecule has 1 aromatic rings. The van der Waals surface area contributed by atoms with E-state index in [0.29, 0.717) is 5.56 Å². The molecule has 0 spiro atoms. The number of aliphatic imine (C=N–C) groups is 1. The molecule has 1 heterocycles. The average Bonchev–Trinajstić information content (AvgIpc) is 2.51. The van der Waals surface area contributed by atoms with Gasteiger partial charge >= 0.3 is 5.97 Å². The molecule has 1 aliphatic heterocycles. The number of carbonyl (C=O) groups excluding carboxylic acids is 1. The van der Waals surface area contributed by atoms with Gasteiger partial charge in [0.1, 0.15) is 0 Å². The second-order valence-corrected chi connectivity index (χ2v) is 3.26. The highest BCUT2D eigenvalue weighted by molar-refractivity contribution is 6.06. The van der Waals surface area contributed by atoms with Crippen molar-refractivity contribution in [2.45, 2.75) is 6.92 Å². The van der Waals surface area contributed by atoms with E-state index in [2.05, 4.69) is 4.99 Å². The van der Waals surface area contributed by atoms with Crippen molar-refractivity contribution < 1.29 is 19.0 Å². The van der Waals surface area contributed by atoms with E-state index in [4.69, 9.17) is 9.84 Å². The Morgan fingerprint density at radius 3 is 2.81 bits per heavy atom. The Balaban J connectivity index is 2.36. The molecule has 0 fully saturated rings. The van der Waals surface area contributed by atoms with E-state index in [1.165, 1.54) is 18.2 Å². The number of rotatable bonds is 1. The summed E-state index contributed by atoms with van der Waals surface area (Å²) < 4.78 is 17.7. The lowest BCUT2D eigenvalue weighted by Gasteiger charge is -1.97. The smallest absolute Gasteiger partial charge is 0.363 e. The molecule has 0 radical (unpaired) electrons. The van der Waals surface area contributed by atoms with Crippen LogP contribution in [0.15, 0.2) is 28.9 Å². The predicted molar refractivity (Wildman–Crippen MR) is 55.2 cm³/mol. The minimum Gasteiger partial charge on any atom is -0.505 e. The number of halogens is 1. The van der Waals surface area contributed by atoms with E-state index in [-0.39, 0.29) is 11.6 Å². The summed E-state index contributed by atoms with van der Waals surface area (Å²) in [5, 5.41) is 8.98. The molecule has 4 nitrogen and oxygen atoms in total. The zero-order chi connectivity index (χ0) is 11.7. The van der Waals surface area contributed by atoms with Gasteiger partial charge in [0.05, 0.1) is 0 Å². The molecule has 0 saturated heterocycles. The maximum atomic E-state index is 13.0. The number of benzene rings is 1. The van der Waals surface area contributed by atoms with Crippen molar-refractivity contribution in [3.05, 3.63) is 35.3 Å². The molecule has 0 unspecified atom stereocenters. The van der Waals surface area contributed by atoms with Crippen LogP contribution in [0.1, 0.15) is 12.5 Å². The van der Waals surface area contributed by atoms with E-state index in [9.17, 15) is 9.18 Å². The molecule has 16 heavy (non-hydrogen) atoms. The van der Waals surface area contributed by atoms with E-state index in [1.807, 2.05) is 0 Å². The Labute approximate surface area is 90.7 Å². The number of carbonyl (C=O) groups is 1. The largest absolute Gasteiger partial charge is 0.505 e. The van der Waals surface area contributed by atoms with Gasteiger partial charge in [-0.25, -0.2) is 14.2 Å². The van der Waals surface area contributed by atoms with Crippen molar-refractivity contribution in [3.63, 3.8) is 0 Å². The molecule has 2 rings (SSSR count). The van der Waals surface area contributed by atoms with Gasteiger partial charge in [0, 0.05) is 6.92 Å². The van der Waals surface area contributed by atoms with Gasteiger partial charge in [0.2, 0.25) is 0 Å². The second-order valence-electron chi connectivity index (χ2n) is 3.26. The summed E-state index contributed by atoms with van der Waals surface area (Å²) >= 11 is 0. The lowest BCUT2D eigenvalue weighted by atomic mass is 10.2. The molecule has 5 heteroatoms. The number of esters is 1. The molecule has 1 N–H and O–H groups in total. The van der Waals surface area contributed by atoms with Gasteiger partial charge in [0.15, 0.2) is 23.2 Å². The van der Waals surface area contributed by atoms with Crippen LogP contribution in [0.3, 0.4) is 0 Å². The minimum absolute atomic E-state index is 0.114. The van der Waals surface area contributed by atoms with E-state index >= 15 is 0 Å². The molecular weight excluding hydrogens is 213 g/mol. The normalized spacial score (nSPS) is 17.5. The first-order valence-corrected chi connectivity index (χ1v) is 4.54. The van der Waals surface area contributed by atoms with Gasteiger partial charge in [0.25, 0.3) is 0 Å². The number of phenolic OH excluding ortho intramolecular Hbond substituents is 1. The summed E-state index contributed by atoms with van der Waals surface area (Å²) in [4.78, 5) is 15.0. The third kappa shape index (κ3) is 1.93. The van der Waals surface area contributed by atoms with Crippen LogP contribution >= 0.6 is 0 Å². The van der Waals surface area contributed by atoms with Crippen LogP contribution in [0.4, 0.5) is 4.39 Å². The van der Waals surface area contributed by atoms with Crippen LogP contribution in [0.25, 0.3) is 6.08 Å². The highest BCUT2D eigenvalue weighted by Gasteiger charge is 2.19. The fourth-order valence-corrected chi connectivity index (χ4v) is 1.29. The topological polar surface area (TPSA) is 58.9 Å². The average molecular weight is 221 g/mol. The van der Waals surface area contributed by atoms with Gasteiger partial charge in [-0.2, -0.15) is 0 Å². The molecule has 0 atom stereocenters. The highest BCUT2D eigenvalue weighted by atomic mass is 19.1. The third-order valence-corrected chi connectivity index (χ3v) is 2.00. The molecule has 0 amide bonds. The SMILES string of the molecule is CC1=N/C(=C\c2ccc(O)c(F)c2)C(=O)O1. The fraction of sp³-hybridized carbons (Fsp3) is 0.0909. The Bertz CT molecular complexity index is 520. The summed E-state index contributed by atoms with van der Waals surface area (Å²) in [7, 11) is 0. The Morgan fingerprint density at radius 1 is 1.50 bits per heavy atom. The minimum atomic E-state index is -0.749. The van der Waals surface area contributed by atoms with Crippen LogP contribution in [-0.4, -0.2) is 17.0 Å². The lowest BCUT2D eigenvalue weighted by Crippen LogP contribution is -1.99. The van der Waals surface area contributed by atoms with Crippen LogP contribution < -0.4 is 0 Å². The van der Waals surface area contributed by atoms with E-state index < -0.39 is 17.5 Å². The van der Waals surface area contributed by atoms with Crippen molar-refractivity contribution >= 4 is 17.9 Å². The van der Waals surface area contributed by atoms with Crippen LogP contribution in [0, 0.1) is 5.82 Å². The monoisotopic (exact) mass is 221 g/mol. The van der Waals surface area contributed by atoms with Gasteiger partial charge < -0.3 is 9.84 Å². The zero-order valence-electron chi connectivity index (χ0n) is 8.40. The fourth-order valence-electron chi connectivity index (χ4n) is 1.29. The highest BCUT2D eigenvalue weighted by Crippen LogP contribution is 2.20.